The minimum atomic E-state index is -0.302. The Hall–Kier alpha value is -0.900. The Morgan fingerprint density at radius 1 is 1.41 bits per heavy atom. The van der Waals surface area contributed by atoms with Crippen molar-refractivity contribution in [3.8, 4) is 0 Å². The minimum Gasteiger partial charge on any atom is -0.305 e. The topological polar surface area (TPSA) is 12.0 Å². The van der Waals surface area contributed by atoms with Crippen molar-refractivity contribution in [3.05, 3.63) is 57.0 Å². The van der Waals surface area contributed by atoms with Crippen molar-refractivity contribution in [1.29, 1.82) is 0 Å². The first kappa shape index (κ1) is 12.6. The fourth-order valence-electron chi connectivity index (χ4n) is 1.63. The summed E-state index contributed by atoms with van der Waals surface area (Å²) in [7, 11) is 0. The van der Waals surface area contributed by atoms with E-state index in [1.165, 1.54) is 17.0 Å². The molecule has 1 nitrogen and oxygen atoms in total. The van der Waals surface area contributed by atoms with Crippen LogP contribution in [0.25, 0.3) is 0 Å². The number of nitrogens with one attached hydrogen (secondary N) is 1. The molecule has 1 atom stereocenters. The van der Waals surface area contributed by atoms with Crippen molar-refractivity contribution in [2.24, 2.45) is 0 Å². The zero-order chi connectivity index (χ0) is 12.3. The molecule has 0 saturated carbocycles. The SMILES string of the molecule is CC(NCc1cccs1)c1ccc(F)cc1Cl. The van der Waals surface area contributed by atoms with Gasteiger partial charge >= 0.3 is 0 Å². The van der Waals surface area contributed by atoms with Gasteiger partial charge < -0.3 is 5.32 Å². The summed E-state index contributed by atoms with van der Waals surface area (Å²) < 4.78 is 12.9. The van der Waals surface area contributed by atoms with Crippen LogP contribution in [0.5, 0.6) is 0 Å². The molecule has 2 rings (SSSR count). The number of hydrogen-bond donors (Lipinski definition) is 1. The first-order valence-electron chi connectivity index (χ1n) is 5.37. The summed E-state index contributed by atoms with van der Waals surface area (Å²) >= 11 is 7.72. The smallest absolute Gasteiger partial charge is 0.124 e. The van der Waals surface area contributed by atoms with Gasteiger partial charge in [-0.25, -0.2) is 4.39 Å². The number of hydrogen-bond acceptors (Lipinski definition) is 2. The average molecular weight is 270 g/mol. The van der Waals surface area contributed by atoms with Crippen molar-refractivity contribution >= 4 is 22.9 Å². The van der Waals surface area contributed by atoms with Crippen molar-refractivity contribution in [3.63, 3.8) is 0 Å². The molecule has 0 amide bonds. The summed E-state index contributed by atoms with van der Waals surface area (Å²) in [6.45, 7) is 2.82. The highest BCUT2D eigenvalue weighted by Crippen LogP contribution is 2.24. The molecule has 1 aromatic carbocycles. The molecule has 90 valence electrons. The molecular weight excluding hydrogens is 257 g/mol. The van der Waals surface area contributed by atoms with E-state index in [0.29, 0.717) is 5.02 Å². The zero-order valence-electron chi connectivity index (χ0n) is 9.41. The molecule has 1 unspecified atom stereocenters. The van der Waals surface area contributed by atoms with Gasteiger partial charge in [-0.05, 0) is 36.1 Å². The maximum absolute atomic E-state index is 12.9. The van der Waals surface area contributed by atoms with Crippen LogP contribution in [0.3, 0.4) is 0 Å². The van der Waals surface area contributed by atoms with Crippen LogP contribution in [-0.4, -0.2) is 0 Å². The maximum Gasteiger partial charge on any atom is 0.124 e. The molecule has 17 heavy (non-hydrogen) atoms. The summed E-state index contributed by atoms with van der Waals surface area (Å²) in [6.07, 6.45) is 0. The quantitative estimate of drug-likeness (QED) is 0.868. The lowest BCUT2D eigenvalue weighted by Gasteiger charge is -2.15. The molecule has 0 radical (unpaired) electrons. The fourth-order valence-corrected chi connectivity index (χ4v) is 2.62. The molecule has 4 heteroatoms. The van der Waals surface area contributed by atoms with Gasteiger partial charge in [0.25, 0.3) is 0 Å². The molecular formula is C13H13ClFNS. The van der Waals surface area contributed by atoms with Gasteiger partial charge in [-0.15, -0.1) is 11.3 Å². The van der Waals surface area contributed by atoms with E-state index < -0.39 is 0 Å². The van der Waals surface area contributed by atoms with Crippen LogP contribution >= 0.6 is 22.9 Å². The maximum atomic E-state index is 12.9. The standard InChI is InChI=1S/C13H13ClFNS/c1-9(16-8-11-3-2-6-17-11)12-5-4-10(15)7-13(12)14/h2-7,9,16H,8H2,1H3. The van der Waals surface area contributed by atoms with Gasteiger partial charge in [0, 0.05) is 22.5 Å². The van der Waals surface area contributed by atoms with Crippen molar-refractivity contribution in [2.45, 2.75) is 19.5 Å². The predicted octanol–water partition coefficient (Wildman–Crippen LogP) is 4.39. The molecule has 0 fully saturated rings. The number of thiophene rings is 1. The van der Waals surface area contributed by atoms with Gasteiger partial charge in [0.15, 0.2) is 0 Å². The van der Waals surface area contributed by atoms with E-state index in [1.807, 2.05) is 18.4 Å². The van der Waals surface area contributed by atoms with Gasteiger partial charge in [-0.1, -0.05) is 23.7 Å². The van der Waals surface area contributed by atoms with E-state index in [9.17, 15) is 4.39 Å². The van der Waals surface area contributed by atoms with Gasteiger partial charge in [0.1, 0.15) is 5.82 Å². The second-order valence-electron chi connectivity index (χ2n) is 3.85. The molecule has 1 N–H and O–H groups in total. The lowest BCUT2D eigenvalue weighted by molar-refractivity contribution is 0.575. The summed E-state index contributed by atoms with van der Waals surface area (Å²) in [5.41, 5.74) is 0.921. The molecule has 0 aliphatic carbocycles. The lowest BCUT2D eigenvalue weighted by atomic mass is 10.1. The van der Waals surface area contributed by atoms with Crippen LogP contribution < -0.4 is 5.32 Å². The van der Waals surface area contributed by atoms with Gasteiger partial charge in [-0.3, -0.25) is 0 Å². The predicted molar refractivity (Wildman–Crippen MR) is 71.0 cm³/mol. The Kier molecular flexibility index (Phi) is 4.15. The van der Waals surface area contributed by atoms with Crippen LogP contribution in [0.2, 0.25) is 5.02 Å². The first-order chi connectivity index (χ1) is 8.16. The van der Waals surface area contributed by atoms with Crippen LogP contribution in [0.15, 0.2) is 35.7 Å². The second kappa shape index (κ2) is 5.63. The van der Waals surface area contributed by atoms with Crippen LogP contribution in [0.1, 0.15) is 23.4 Å². The molecule has 0 bridgehead atoms. The zero-order valence-corrected chi connectivity index (χ0v) is 11.0. The molecule has 1 aromatic heterocycles. The third-order valence-electron chi connectivity index (χ3n) is 2.59. The van der Waals surface area contributed by atoms with E-state index in [0.717, 1.165) is 12.1 Å². The van der Waals surface area contributed by atoms with E-state index in [1.54, 1.807) is 17.4 Å². The molecule has 0 saturated heterocycles. The Bertz CT molecular complexity index is 484. The largest absolute Gasteiger partial charge is 0.305 e. The number of benzene rings is 1. The monoisotopic (exact) mass is 269 g/mol. The lowest BCUT2D eigenvalue weighted by Crippen LogP contribution is -2.17. The van der Waals surface area contributed by atoms with Gasteiger partial charge in [0.2, 0.25) is 0 Å². The minimum absolute atomic E-state index is 0.102. The molecule has 2 aromatic rings. The molecule has 0 spiro atoms. The van der Waals surface area contributed by atoms with E-state index in [-0.39, 0.29) is 11.9 Å². The third-order valence-corrected chi connectivity index (χ3v) is 3.80. The highest BCUT2D eigenvalue weighted by atomic mass is 35.5. The summed E-state index contributed by atoms with van der Waals surface area (Å²) in [4.78, 5) is 1.27. The summed E-state index contributed by atoms with van der Waals surface area (Å²) in [5, 5.41) is 5.88. The fraction of sp³-hybridized carbons (Fsp3) is 0.231. The Balaban J connectivity index is 2.01. The van der Waals surface area contributed by atoms with Crippen molar-refractivity contribution < 1.29 is 4.39 Å². The number of rotatable bonds is 4. The Morgan fingerprint density at radius 2 is 2.24 bits per heavy atom. The molecule has 0 aliphatic heterocycles. The summed E-state index contributed by atoms with van der Waals surface area (Å²) in [6, 6.07) is 8.72. The van der Waals surface area contributed by atoms with Gasteiger partial charge in [0.05, 0.1) is 0 Å². The number of halogens is 2. The summed E-state index contributed by atoms with van der Waals surface area (Å²) in [5.74, 6) is -0.302. The van der Waals surface area contributed by atoms with Crippen LogP contribution in [-0.2, 0) is 6.54 Å². The molecule has 0 aliphatic rings. The van der Waals surface area contributed by atoms with E-state index in [2.05, 4.69) is 11.4 Å². The van der Waals surface area contributed by atoms with E-state index in [4.69, 9.17) is 11.6 Å². The van der Waals surface area contributed by atoms with Crippen molar-refractivity contribution in [1.82, 2.24) is 5.32 Å². The van der Waals surface area contributed by atoms with Crippen LogP contribution in [0.4, 0.5) is 4.39 Å². The highest BCUT2D eigenvalue weighted by Gasteiger charge is 2.09. The Morgan fingerprint density at radius 3 is 2.88 bits per heavy atom. The third kappa shape index (κ3) is 3.28. The van der Waals surface area contributed by atoms with Gasteiger partial charge in [-0.2, -0.15) is 0 Å². The normalized spacial score (nSPS) is 12.6. The molecule has 1 heterocycles. The van der Waals surface area contributed by atoms with E-state index >= 15 is 0 Å². The second-order valence-corrected chi connectivity index (χ2v) is 5.29. The average Bonchev–Trinajstić information content (AvgIpc) is 2.78. The Labute approximate surface area is 109 Å². The van der Waals surface area contributed by atoms with Crippen molar-refractivity contribution in [2.75, 3.05) is 0 Å². The van der Waals surface area contributed by atoms with Crippen LogP contribution in [0, 0.1) is 5.82 Å². The first-order valence-corrected chi connectivity index (χ1v) is 6.63. The highest BCUT2D eigenvalue weighted by molar-refractivity contribution is 7.09.